The van der Waals surface area contributed by atoms with E-state index in [1.165, 1.54) is 0 Å². The Morgan fingerprint density at radius 3 is 1.18 bits per heavy atom. The summed E-state index contributed by atoms with van der Waals surface area (Å²) in [7, 11) is -48.3. The molecular formula is C12H22O35S8. The lowest BCUT2D eigenvalue weighted by atomic mass is 9.99. The van der Waals surface area contributed by atoms with Crippen molar-refractivity contribution in [1.29, 1.82) is 0 Å². The average molecular weight is 983 g/mol. The molecule has 328 valence electrons. The van der Waals surface area contributed by atoms with Crippen molar-refractivity contribution in [1.82, 2.24) is 0 Å². The molecule has 2 saturated heterocycles. The van der Waals surface area contributed by atoms with Gasteiger partial charge in [0.15, 0.2) is 18.5 Å². The molecule has 0 unspecified atom stereocenters. The van der Waals surface area contributed by atoms with Gasteiger partial charge in [-0.3, -0.25) is 36.4 Å². The molecule has 0 radical (unpaired) electrons. The zero-order valence-electron chi connectivity index (χ0n) is 25.1. The Balaban J connectivity index is 3.07. The Bertz CT molecular complexity index is 2280. The van der Waals surface area contributed by atoms with Crippen molar-refractivity contribution in [3.05, 3.63) is 0 Å². The van der Waals surface area contributed by atoms with E-state index in [2.05, 4.69) is 33.5 Å². The minimum Gasteiger partial charge on any atom is -0.341 e. The SMILES string of the molecule is O=S(=O)(O)OC[C@H]1O[C@@H](O[C@@]2(COS(=O)(=O)O)O[C@H](COS(=O)(=O)O)[C@H](OS(=O)(=O)O)[C@@H]2OS(=O)(=O)O)[C@H](OS(=O)(=O)O)[C@@H](OS(=O)(=O)O)[C@H]1OS(=O)(=O)O. The highest BCUT2D eigenvalue weighted by Gasteiger charge is 2.65. The maximum Gasteiger partial charge on any atom is 0.397 e. The highest BCUT2D eigenvalue weighted by Crippen LogP contribution is 2.42. The van der Waals surface area contributed by atoms with Crippen LogP contribution in [0.1, 0.15) is 0 Å². The van der Waals surface area contributed by atoms with E-state index in [4.69, 9.17) is 23.3 Å². The molecule has 2 aliphatic heterocycles. The first-order valence-corrected chi connectivity index (χ1v) is 23.2. The van der Waals surface area contributed by atoms with E-state index in [1.807, 2.05) is 0 Å². The van der Waals surface area contributed by atoms with Crippen LogP contribution in [0.5, 0.6) is 0 Å². The summed E-state index contributed by atoms with van der Waals surface area (Å²) in [5, 5.41) is 0. The van der Waals surface area contributed by atoms with Crippen molar-refractivity contribution >= 4 is 83.2 Å². The molecule has 0 aliphatic carbocycles. The molecule has 0 aromatic heterocycles. The van der Waals surface area contributed by atoms with Crippen LogP contribution < -0.4 is 0 Å². The minimum atomic E-state index is -6.24. The Labute approximate surface area is 308 Å². The summed E-state index contributed by atoms with van der Waals surface area (Å²) in [5.41, 5.74) is 0. The van der Waals surface area contributed by atoms with Gasteiger partial charge in [-0.15, -0.1) is 0 Å². The first kappa shape index (κ1) is 50.0. The molecule has 0 saturated carbocycles. The predicted octanol–water partition coefficient (Wildman–Crippen LogP) is -6.78. The number of hydrogen-bond acceptors (Lipinski definition) is 27. The topological polar surface area (TPSA) is 536 Å². The van der Waals surface area contributed by atoms with Gasteiger partial charge in [-0.1, -0.05) is 0 Å². The van der Waals surface area contributed by atoms with E-state index in [9.17, 15) is 94.7 Å². The third-order valence-electron chi connectivity index (χ3n) is 5.68. The van der Waals surface area contributed by atoms with Gasteiger partial charge >= 0.3 is 83.2 Å². The molecule has 0 aromatic carbocycles. The normalized spacial score (nSPS) is 30.7. The minimum absolute atomic E-state index is 1.92. The molecule has 55 heavy (non-hydrogen) atoms. The first-order valence-electron chi connectivity index (χ1n) is 12.3. The molecule has 0 bridgehead atoms. The van der Waals surface area contributed by atoms with Crippen LogP contribution >= 0.6 is 0 Å². The predicted molar refractivity (Wildman–Crippen MR) is 152 cm³/mol. The Morgan fingerprint density at radius 2 is 0.782 bits per heavy atom. The van der Waals surface area contributed by atoms with E-state index < -0.39 is 158 Å². The molecule has 43 heteroatoms. The summed E-state index contributed by atoms with van der Waals surface area (Å²) in [6.07, 6.45) is -26.0. The van der Waals surface area contributed by atoms with Crippen molar-refractivity contribution in [3.63, 3.8) is 0 Å². The van der Waals surface area contributed by atoms with Gasteiger partial charge in [0.25, 0.3) is 0 Å². The Hall–Kier alpha value is -1.16. The second kappa shape index (κ2) is 17.2. The lowest BCUT2D eigenvalue weighted by Crippen LogP contribution is -2.65. The largest absolute Gasteiger partial charge is 0.397 e. The molecule has 2 heterocycles. The van der Waals surface area contributed by atoms with E-state index in [-0.39, 0.29) is 0 Å². The van der Waals surface area contributed by atoms with Crippen LogP contribution in [0.3, 0.4) is 0 Å². The zero-order valence-corrected chi connectivity index (χ0v) is 31.6. The number of hydrogen-bond donors (Lipinski definition) is 8. The standard InChI is InChI=1S/C12H22O35S8/c13-48(14,15)37-1-4-6(43-51(22,23)24)8(45-53(28,29)30)9(46-54(31,32)33)11(40-4)42-12(3-39-50(19,20)21)10(47-55(34,35)36)7(44-52(25,26)27)5(41-12)2-38-49(16,17)18/h4-11H,1-3H2,(H,13,14,15)(H,16,17,18)(H,19,20,21)(H,22,23,24)(H,25,26,27)(H,28,29,30)(H,31,32,33)(H,34,35,36)/t4-,5-,6+,7+,8+,9-,10+,11+,12-/m1/s1. The smallest absolute Gasteiger partial charge is 0.341 e. The average Bonchev–Trinajstić information content (AvgIpc) is 3.15. The summed E-state index contributed by atoms with van der Waals surface area (Å²) in [4.78, 5) is 0. The molecule has 2 fully saturated rings. The van der Waals surface area contributed by atoms with Crippen LogP contribution in [0, 0.1) is 0 Å². The van der Waals surface area contributed by atoms with Crippen LogP contribution in [-0.2, 0) is 131 Å². The van der Waals surface area contributed by atoms with Gasteiger partial charge in [0.1, 0.15) is 37.1 Å². The van der Waals surface area contributed by atoms with E-state index in [0.717, 1.165) is 0 Å². The molecule has 35 nitrogen and oxygen atoms in total. The van der Waals surface area contributed by atoms with E-state index in [0.29, 0.717) is 0 Å². The molecule has 8 N–H and O–H groups in total. The van der Waals surface area contributed by atoms with Crippen LogP contribution in [0.25, 0.3) is 0 Å². The third-order valence-corrected chi connectivity index (χ3v) is 9.28. The summed E-state index contributed by atoms with van der Waals surface area (Å²) in [6, 6.07) is 0. The fraction of sp³-hybridized carbons (Fsp3) is 1.00. The highest BCUT2D eigenvalue weighted by atomic mass is 32.3. The van der Waals surface area contributed by atoms with Gasteiger partial charge in [-0.2, -0.15) is 67.3 Å². The third kappa shape index (κ3) is 18.1. The summed E-state index contributed by atoms with van der Waals surface area (Å²) in [6.45, 7) is -6.25. The van der Waals surface area contributed by atoms with Crippen molar-refractivity contribution in [3.8, 4) is 0 Å². The van der Waals surface area contributed by atoms with Crippen molar-refractivity contribution in [2.24, 2.45) is 0 Å². The highest BCUT2D eigenvalue weighted by molar-refractivity contribution is 7.82. The lowest BCUT2D eigenvalue weighted by Gasteiger charge is -2.45. The van der Waals surface area contributed by atoms with E-state index >= 15 is 0 Å². The number of ether oxygens (including phenoxy) is 3. The quantitative estimate of drug-likeness (QED) is 0.0496. The van der Waals surface area contributed by atoms with Gasteiger partial charge in [0.2, 0.25) is 5.79 Å². The van der Waals surface area contributed by atoms with Crippen LogP contribution in [0.15, 0.2) is 0 Å². The second-order valence-corrected chi connectivity index (χ2v) is 18.2. The second-order valence-electron chi connectivity index (χ2n) is 9.64. The maximum absolute atomic E-state index is 11.9. The Morgan fingerprint density at radius 1 is 0.418 bits per heavy atom. The summed E-state index contributed by atoms with van der Waals surface area (Å²) in [5.74, 6) is -4.12. The molecule has 0 spiro atoms. The monoisotopic (exact) mass is 982 g/mol. The van der Waals surface area contributed by atoms with Crippen molar-refractivity contribution in [2.45, 2.75) is 54.8 Å². The first-order chi connectivity index (χ1) is 24.2. The maximum atomic E-state index is 11.9. The molecule has 0 amide bonds. The van der Waals surface area contributed by atoms with Crippen LogP contribution in [0.2, 0.25) is 0 Å². The zero-order chi connectivity index (χ0) is 43.0. The van der Waals surface area contributed by atoms with Gasteiger partial charge in [0, 0.05) is 0 Å². The fourth-order valence-corrected chi connectivity index (χ4v) is 7.68. The van der Waals surface area contributed by atoms with Gasteiger partial charge in [-0.05, 0) is 0 Å². The summed E-state index contributed by atoms with van der Waals surface area (Å²) >= 11 is 0. The van der Waals surface area contributed by atoms with Gasteiger partial charge < -0.3 is 14.2 Å². The molecule has 9 atom stereocenters. The molecule has 0 aromatic rings. The van der Waals surface area contributed by atoms with Crippen LogP contribution in [-0.4, -0.2) is 178 Å². The lowest BCUT2D eigenvalue weighted by molar-refractivity contribution is -0.374. The molecule has 2 aliphatic rings. The van der Waals surface area contributed by atoms with Crippen molar-refractivity contribution < 1.29 is 151 Å². The van der Waals surface area contributed by atoms with Gasteiger partial charge in [0.05, 0.1) is 13.2 Å². The fourth-order valence-electron chi connectivity index (χ4n) is 4.24. The van der Waals surface area contributed by atoms with E-state index in [1.54, 1.807) is 0 Å². The molecular weight excluding hydrogens is 961 g/mol. The summed E-state index contributed by atoms with van der Waals surface area (Å²) < 4.78 is 307. The number of rotatable bonds is 21. The van der Waals surface area contributed by atoms with Crippen molar-refractivity contribution in [2.75, 3.05) is 19.8 Å². The van der Waals surface area contributed by atoms with Crippen LogP contribution in [0.4, 0.5) is 0 Å². The van der Waals surface area contributed by atoms with Gasteiger partial charge in [-0.25, -0.2) is 33.5 Å². The molecule has 2 rings (SSSR count). The Kier molecular flexibility index (Phi) is 15.6.